The van der Waals surface area contributed by atoms with Gasteiger partial charge in [-0.3, -0.25) is 14.2 Å². The van der Waals surface area contributed by atoms with Gasteiger partial charge < -0.3 is 14.9 Å². The molecule has 156 valence electrons. The molecule has 1 unspecified atom stereocenters. The van der Waals surface area contributed by atoms with Gasteiger partial charge in [-0.25, -0.2) is 5.09 Å². The zero-order chi connectivity index (χ0) is 21.1. The van der Waals surface area contributed by atoms with Crippen LogP contribution in [0.25, 0.3) is 0 Å². The monoisotopic (exact) mass is 418 g/mol. The number of nitrogens with one attached hydrogen (secondary N) is 2. The highest BCUT2D eigenvalue weighted by Gasteiger charge is 2.29. The van der Waals surface area contributed by atoms with Crippen molar-refractivity contribution >= 4 is 19.4 Å². The van der Waals surface area contributed by atoms with Gasteiger partial charge in [-0.2, -0.15) is 0 Å². The number of hydrogen-bond acceptors (Lipinski definition) is 4. The summed E-state index contributed by atoms with van der Waals surface area (Å²) in [6.07, 6.45) is 0.900. The summed E-state index contributed by atoms with van der Waals surface area (Å²) in [4.78, 5) is 23.4. The van der Waals surface area contributed by atoms with E-state index < -0.39 is 25.4 Å². The van der Waals surface area contributed by atoms with Gasteiger partial charge >= 0.3 is 5.97 Å². The summed E-state index contributed by atoms with van der Waals surface area (Å²) < 4.78 is 18.5. The highest BCUT2D eigenvalue weighted by molar-refractivity contribution is 7.56. The third-order valence-electron chi connectivity index (χ3n) is 4.42. The molecule has 0 aliphatic carbocycles. The van der Waals surface area contributed by atoms with Crippen LogP contribution in [0.1, 0.15) is 17.5 Å². The van der Waals surface area contributed by atoms with Crippen LogP contribution in [0.3, 0.4) is 0 Å². The van der Waals surface area contributed by atoms with Crippen molar-refractivity contribution in [1.29, 1.82) is 0 Å². The average molecular weight is 418 g/mol. The van der Waals surface area contributed by atoms with E-state index in [-0.39, 0.29) is 19.1 Å². The van der Waals surface area contributed by atoms with Crippen LogP contribution in [-0.4, -0.2) is 42.8 Å². The second-order valence-corrected chi connectivity index (χ2v) is 9.04. The van der Waals surface area contributed by atoms with Crippen molar-refractivity contribution in [3.8, 4) is 0 Å². The van der Waals surface area contributed by atoms with Crippen molar-refractivity contribution in [2.45, 2.75) is 25.3 Å². The number of carbonyl (C=O) groups is 2. The first-order chi connectivity index (χ1) is 13.9. The molecule has 29 heavy (non-hydrogen) atoms. The average Bonchev–Trinajstić information content (AvgIpc) is 2.73. The number of amides is 1. The second-order valence-electron chi connectivity index (χ2n) is 6.62. The molecule has 0 saturated heterocycles. The molecule has 1 amide bonds. The fraction of sp³-hybridized carbons (Fsp3) is 0.333. The lowest BCUT2D eigenvalue weighted by molar-refractivity contribution is -0.137. The van der Waals surface area contributed by atoms with Crippen LogP contribution < -0.4 is 10.4 Å². The van der Waals surface area contributed by atoms with E-state index in [0.29, 0.717) is 12.8 Å². The van der Waals surface area contributed by atoms with Crippen LogP contribution in [0.2, 0.25) is 0 Å². The summed E-state index contributed by atoms with van der Waals surface area (Å²) in [5, 5.41) is 14.3. The first-order valence-corrected chi connectivity index (χ1v) is 11.2. The summed E-state index contributed by atoms with van der Waals surface area (Å²) >= 11 is 0. The summed E-state index contributed by atoms with van der Waals surface area (Å²) in [5.41, 5.74) is 1.92. The smallest absolute Gasteiger partial charge is 0.305 e. The third-order valence-corrected chi connectivity index (χ3v) is 6.53. The molecule has 2 atom stereocenters. The molecule has 8 heteroatoms. The number of carboxylic acid groups (broad SMARTS) is 1. The third kappa shape index (κ3) is 8.20. The molecule has 7 nitrogen and oxygen atoms in total. The SMILES string of the molecule is COP(=O)(CCc1ccccc1)N[C@@H](Cc1ccccc1)C(=O)NCCC(=O)O. The van der Waals surface area contributed by atoms with Crippen LogP contribution in [0.5, 0.6) is 0 Å². The van der Waals surface area contributed by atoms with Gasteiger partial charge in [0.1, 0.15) is 0 Å². The fourth-order valence-corrected chi connectivity index (χ4v) is 4.48. The molecular weight excluding hydrogens is 391 g/mol. The molecule has 3 N–H and O–H groups in total. The van der Waals surface area contributed by atoms with Gasteiger partial charge in [-0.15, -0.1) is 0 Å². The largest absolute Gasteiger partial charge is 0.481 e. The fourth-order valence-electron chi connectivity index (χ4n) is 2.83. The number of benzene rings is 2. The zero-order valence-electron chi connectivity index (χ0n) is 16.4. The Kier molecular flexibility index (Phi) is 9.06. The minimum absolute atomic E-state index is 0.00242. The van der Waals surface area contributed by atoms with E-state index in [1.54, 1.807) is 0 Å². The molecule has 2 aromatic rings. The lowest BCUT2D eigenvalue weighted by atomic mass is 10.1. The van der Waals surface area contributed by atoms with Gasteiger partial charge in [-0.05, 0) is 24.0 Å². The lowest BCUT2D eigenvalue weighted by Crippen LogP contribution is -2.45. The van der Waals surface area contributed by atoms with Crippen molar-refractivity contribution < 1.29 is 23.8 Å². The highest BCUT2D eigenvalue weighted by atomic mass is 31.2. The van der Waals surface area contributed by atoms with Gasteiger partial charge in [0.25, 0.3) is 7.52 Å². The molecule has 0 radical (unpaired) electrons. The standard InChI is InChI=1S/C21H27N2O5P/c1-28-29(27,15-13-17-8-4-2-5-9-17)23-19(16-18-10-6-3-7-11-18)21(26)22-14-12-20(24)25/h2-11,19H,12-16H2,1H3,(H,22,26)(H,23,27)(H,24,25)/t19-,29?/m0/s1. The van der Waals surface area contributed by atoms with E-state index >= 15 is 0 Å². The number of carbonyl (C=O) groups excluding carboxylic acids is 1. The molecule has 0 bridgehead atoms. The lowest BCUT2D eigenvalue weighted by Gasteiger charge is -2.24. The van der Waals surface area contributed by atoms with Crippen molar-refractivity contribution in [2.75, 3.05) is 19.8 Å². The second kappa shape index (κ2) is 11.5. The van der Waals surface area contributed by atoms with Crippen LogP contribution in [-0.2, 0) is 31.5 Å². The maximum Gasteiger partial charge on any atom is 0.305 e. The Hall–Kier alpha value is -2.47. The van der Waals surface area contributed by atoms with Crippen LogP contribution in [0.15, 0.2) is 60.7 Å². The van der Waals surface area contributed by atoms with E-state index in [1.165, 1.54) is 7.11 Å². The van der Waals surface area contributed by atoms with Gasteiger partial charge in [0, 0.05) is 19.8 Å². The van der Waals surface area contributed by atoms with Crippen molar-refractivity contribution in [3.63, 3.8) is 0 Å². The van der Waals surface area contributed by atoms with Crippen molar-refractivity contribution in [3.05, 3.63) is 71.8 Å². The number of aryl methyl sites for hydroxylation is 1. The predicted octanol–water partition coefficient (Wildman–Crippen LogP) is 2.86. The van der Waals surface area contributed by atoms with Gasteiger partial charge in [0.2, 0.25) is 5.91 Å². The normalized spacial score (nSPS) is 14.0. The summed E-state index contributed by atoms with van der Waals surface area (Å²) in [5.74, 6) is -1.41. The summed E-state index contributed by atoms with van der Waals surface area (Å²) in [6.45, 7) is 0.00242. The molecule has 0 aromatic heterocycles. The molecule has 0 aliphatic heterocycles. The molecule has 2 rings (SSSR count). The van der Waals surface area contributed by atoms with E-state index in [9.17, 15) is 14.2 Å². The van der Waals surface area contributed by atoms with Crippen molar-refractivity contribution in [2.24, 2.45) is 0 Å². The molecule has 0 fully saturated rings. The number of aliphatic carboxylic acids is 1. The Morgan fingerprint density at radius 1 is 1.03 bits per heavy atom. The van der Waals surface area contributed by atoms with Crippen molar-refractivity contribution in [1.82, 2.24) is 10.4 Å². The van der Waals surface area contributed by atoms with E-state index in [2.05, 4.69) is 10.4 Å². The predicted molar refractivity (Wildman–Crippen MR) is 112 cm³/mol. The minimum Gasteiger partial charge on any atom is -0.481 e. The van der Waals surface area contributed by atoms with E-state index in [4.69, 9.17) is 9.63 Å². The molecule has 0 spiro atoms. The molecule has 0 aliphatic rings. The van der Waals surface area contributed by atoms with Gasteiger partial charge in [0.15, 0.2) is 0 Å². The highest BCUT2D eigenvalue weighted by Crippen LogP contribution is 2.42. The Balaban J connectivity index is 2.09. The number of hydrogen-bond donors (Lipinski definition) is 3. The molecule has 2 aromatic carbocycles. The van der Waals surface area contributed by atoms with Crippen LogP contribution in [0, 0.1) is 0 Å². The van der Waals surface area contributed by atoms with E-state index in [0.717, 1.165) is 11.1 Å². The minimum atomic E-state index is -3.29. The Bertz CT molecular complexity index is 829. The number of rotatable bonds is 12. The quantitative estimate of drug-likeness (QED) is 0.458. The molecular formula is C21H27N2O5P. The first-order valence-electron chi connectivity index (χ1n) is 9.42. The Morgan fingerprint density at radius 2 is 1.62 bits per heavy atom. The van der Waals surface area contributed by atoms with E-state index in [1.807, 2.05) is 60.7 Å². The molecule has 0 saturated carbocycles. The van der Waals surface area contributed by atoms with Gasteiger partial charge in [-0.1, -0.05) is 60.7 Å². The maximum atomic E-state index is 13.2. The zero-order valence-corrected chi connectivity index (χ0v) is 17.3. The topological polar surface area (TPSA) is 105 Å². The van der Waals surface area contributed by atoms with Gasteiger partial charge in [0.05, 0.1) is 12.5 Å². The first kappa shape index (κ1) is 22.8. The van der Waals surface area contributed by atoms with Crippen LogP contribution in [0.4, 0.5) is 0 Å². The number of carboxylic acids is 1. The summed E-state index contributed by atoms with van der Waals surface area (Å²) in [6, 6.07) is 18.2. The Labute approximate surface area is 171 Å². The maximum absolute atomic E-state index is 13.2. The van der Waals surface area contributed by atoms with Crippen LogP contribution >= 0.6 is 7.52 Å². The molecule has 0 heterocycles. The summed E-state index contributed by atoms with van der Waals surface area (Å²) in [7, 11) is -1.93. The Morgan fingerprint density at radius 3 is 2.17 bits per heavy atom.